The van der Waals surface area contributed by atoms with E-state index in [-0.39, 0.29) is 105 Å². The predicted octanol–water partition coefficient (Wildman–Crippen LogP) is 17.3. The standard InChI is InChI=1S/C108H95N3O13/c1-103(2,3)63-32-46-73(47-33-63)122-60-106-82-26-14-8-20-76(82)88(77-21-9-15-27-83(77)106)91-94(106)100(117)109(97(91)114)56-57-110-98(115)92-89-78-22-10-16-28-84(78)107(95(92)101(110)118,85-29-17-11-23-79(85)89)61-123-74-52-38-66(39-53-74)104(4,5)64-34-48-71(49-35-64)120-58-70(113)59-121-72-50-36-65(37-51-72)105(6,7)67-40-54-75(55-41-67)124-62-108-86-30-18-12-24-80(86)90(81-25-13-19-31-87(81)108)93-96(108)102(119)111(99(93)116)68-42-44-69(112)45-43-68/h8-55,70,88-96,112-113H,56-62H2,1-7H3. The first-order valence-electron chi connectivity index (χ1n) is 43.2. The number of rotatable bonds is 23. The van der Waals surface area contributed by atoms with E-state index in [1.807, 2.05) is 158 Å². The minimum atomic E-state index is -1.09. The van der Waals surface area contributed by atoms with E-state index < -0.39 is 74.6 Å². The lowest BCUT2D eigenvalue weighted by Crippen LogP contribution is -2.56. The predicted molar refractivity (Wildman–Crippen MR) is 470 cm³/mol. The molecule has 6 bridgehead atoms. The van der Waals surface area contributed by atoms with Crippen molar-refractivity contribution >= 4 is 41.1 Å². The van der Waals surface area contributed by atoms with Crippen LogP contribution < -0.4 is 28.6 Å². The van der Waals surface area contributed by atoms with E-state index in [1.165, 1.54) is 32.4 Å². The van der Waals surface area contributed by atoms with E-state index in [2.05, 4.69) is 158 Å². The highest BCUT2D eigenvalue weighted by Gasteiger charge is 2.72. The van der Waals surface area contributed by atoms with Gasteiger partial charge in [0.1, 0.15) is 73.6 Å². The Kier molecular flexibility index (Phi) is 18.3. The van der Waals surface area contributed by atoms with Gasteiger partial charge in [-0.3, -0.25) is 38.6 Å². The summed E-state index contributed by atoms with van der Waals surface area (Å²) in [6.07, 6.45) is -0.931. The molecule has 2 N–H and O–H groups in total. The van der Waals surface area contributed by atoms with E-state index in [4.69, 9.17) is 23.7 Å². The fourth-order valence-corrected chi connectivity index (χ4v) is 23.4. The first kappa shape index (κ1) is 78.1. The van der Waals surface area contributed by atoms with Crippen LogP contribution in [0.4, 0.5) is 5.69 Å². The molecule has 3 saturated heterocycles. The van der Waals surface area contributed by atoms with Crippen LogP contribution in [-0.2, 0) is 61.3 Å². The van der Waals surface area contributed by atoms with E-state index >= 15 is 19.2 Å². The van der Waals surface area contributed by atoms with Crippen molar-refractivity contribution in [1.29, 1.82) is 0 Å². The molecule has 12 aromatic carbocycles. The van der Waals surface area contributed by atoms with Gasteiger partial charge in [0.25, 0.3) is 0 Å². The molecule has 7 unspecified atom stereocenters. The van der Waals surface area contributed by atoms with E-state index in [0.717, 1.165) is 89.0 Å². The number of imide groups is 3. The number of likely N-dealkylation sites (tertiary alicyclic amines) is 2. The molecule has 16 heteroatoms. The van der Waals surface area contributed by atoms with Crippen molar-refractivity contribution in [3.63, 3.8) is 0 Å². The molecule has 0 spiro atoms. The van der Waals surface area contributed by atoms with E-state index in [1.54, 1.807) is 12.1 Å². The Morgan fingerprint density at radius 3 is 0.855 bits per heavy atom. The highest BCUT2D eigenvalue weighted by molar-refractivity contribution is 6.24. The second kappa shape index (κ2) is 29.0. The third-order valence-corrected chi connectivity index (χ3v) is 29.5. The molecular formula is C108H95N3O13. The van der Waals surface area contributed by atoms with Crippen molar-refractivity contribution in [2.24, 2.45) is 35.5 Å². The summed E-state index contributed by atoms with van der Waals surface area (Å²) in [7, 11) is 0. The minimum absolute atomic E-state index is 0.00227. The fraction of sp³-hybridized carbons (Fsp3) is 0.278. The molecule has 12 aliphatic rings. The molecule has 6 amide bonds. The molecule has 3 aliphatic heterocycles. The molecule has 0 aromatic heterocycles. The second-order valence-corrected chi connectivity index (χ2v) is 37.3. The maximum absolute atomic E-state index is 15.8. The van der Waals surface area contributed by atoms with Gasteiger partial charge in [0.15, 0.2) is 0 Å². The number of benzene rings is 12. The topological polar surface area (TPSA) is 199 Å². The van der Waals surface area contributed by atoms with Crippen LogP contribution in [0.5, 0.6) is 34.5 Å². The zero-order chi connectivity index (χ0) is 85.3. The third-order valence-electron chi connectivity index (χ3n) is 29.5. The number of aromatic hydroxyl groups is 1. The van der Waals surface area contributed by atoms with Gasteiger partial charge in [-0.2, -0.15) is 0 Å². The molecule has 9 aliphatic carbocycles. The average molecular weight is 1640 g/mol. The number of ether oxygens (including phenoxy) is 5. The maximum atomic E-state index is 15.8. The van der Waals surface area contributed by atoms with Gasteiger partial charge in [0.2, 0.25) is 35.4 Å². The molecule has 0 radical (unpaired) electrons. The third kappa shape index (κ3) is 11.6. The average Bonchev–Trinajstić information content (AvgIpc) is 1.51. The van der Waals surface area contributed by atoms with Gasteiger partial charge in [0.05, 0.1) is 57.4 Å². The molecule has 620 valence electrons. The first-order valence-corrected chi connectivity index (χ1v) is 43.2. The number of hydrogen-bond acceptors (Lipinski definition) is 13. The summed E-state index contributed by atoms with van der Waals surface area (Å²) >= 11 is 0. The van der Waals surface area contributed by atoms with Crippen LogP contribution in [0.25, 0.3) is 0 Å². The van der Waals surface area contributed by atoms with Crippen molar-refractivity contribution in [2.45, 2.75) is 105 Å². The first-order chi connectivity index (χ1) is 59.9. The Bertz CT molecular complexity index is 6190. The number of carbonyl (C=O) groups is 6. The summed E-state index contributed by atoms with van der Waals surface area (Å²) < 4.78 is 32.9. The Balaban J connectivity index is 0.456. The summed E-state index contributed by atoms with van der Waals surface area (Å²) in [6.45, 7) is 15.1. The molecule has 0 saturated carbocycles. The number of aliphatic hydroxyl groups is 1. The largest absolute Gasteiger partial charge is 0.508 e. The molecular weight excluding hydrogens is 1550 g/mol. The molecule has 7 atom stereocenters. The summed E-state index contributed by atoms with van der Waals surface area (Å²) in [5.41, 5.74) is 13.5. The quantitative estimate of drug-likeness (QED) is 0.0574. The van der Waals surface area contributed by atoms with Gasteiger partial charge >= 0.3 is 0 Å². The minimum Gasteiger partial charge on any atom is -0.508 e. The van der Waals surface area contributed by atoms with Gasteiger partial charge in [-0.25, -0.2) is 4.90 Å². The van der Waals surface area contributed by atoms with Crippen LogP contribution in [0, 0.1) is 35.5 Å². The van der Waals surface area contributed by atoms with Crippen LogP contribution >= 0.6 is 0 Å². The van der Waals surface area contributed by atoms with Gasteiger partial charge in [-0.15, -0.1) is 0 Å². The van der Waals surface area contributed by atoms with Crippen LogP contribution in [0.15, 0.2) is 291 Å². The smallest absolute Gasteiger partial charge is 0.239 e. The number of phenols is 1. The number of phenolic OH excluding ortho intramolecular Hbond substituents is 1. The second-order valence-electron chi connectivity index (χ2n) is 37.3. The summed E-state index contributed by atoms with van der Waals surface area (Å²) in [6, 6.07) is 95.1. The van der Waals surface area contributed by atoms with Gasteiger partial charge in [0, 0.05) is 41.7 Å². The highest BCUT2D eigenvalue weighted by atomic mass is 16.5. The Labute approximate surface area is 721 Å². The number of anilines is 1. The molecule has 16 nitrogen and oxygen atoms in total. The SMILES string of the molecule is CC(C)(C)c1ccc(OCC23c4ccccc4C(c4ccccc42)C2C(=O)N(CCN4C(=O)C5C6c7ccccc7C(COc7ccc(C(C)(C)c8ccc(OCC(O)COc9ccc(C(C)(C)c%10ccc(OCC%11%12c%13ccccc%13C(c%13ccccc%13%11)C%11C(=O)N(c%13ccc(O)cc%13)C(=O)C%11%12)cc%10)cc9)cc8)cc7)(c7ccccc76)C5C4=O)C(=O)C23)cc1. The number of carbonyl (C=O) groups excluding carboxylic acids is 6. The Morgan fingerprint density at radius 2 is 0.565 bits per heavy atom. The lowest BCUT2D eigenvalue weighted by molar-refractivity contribution is -0.145. The lowest BCUT2D eigenvalue weighted by atomic mass is 9.47. The molecule has 124 heavy (non-hydrogen) atoms. The Hall–Kier alpha value is -13.2. The van der Waals surface area contributed by atoms with Crippen molar-refractivity contribution in [1.82, 2.24) is 9.80 Å². The van der Waals surface area contributed by atoms with Crippen LogP contribution in [0.3, 0.4) is 0 Å². The molecule has 24 rings (SSSR count). The summed E-state index contributed by atoms with van der Waals surface area (Å²) in [5.74, 6) is -4.29. The maximum Gasteiger partial charge on any atom is 0.239 e. The highest BCUT2D eigenvalue weighted by Crippen LogP contribution is 2.68. The fourth-order valence-electron chi connectivity index (χ4n) is 23.4. The van der Waals surface area contributed by atoms with Crippen molar-refractivity contribution in [3.8, 4) is 34.5 Å². The lowest BCUT2D eigenvalue weighted by Gasteiger charge is -2.53. The van der Waals surface area contributed by atoms with E-state index in [9.17, 15) is 19.8 Å². The van der Waals surface area contributed by atoms with Crippen LogP contribution in [0.1, 0.15) is 161 Å². The number of amides is 6. The summed E-state index contributed by atoms with van der Waals surface area (Å²) in [4.78, 5) is 96.1. The molecule has 3 fully saturated rings. The monoisotopic (exact) mass is 1640 g/mol. The number of aliphatic hydroxyl groups excluding tert-OH is 1. The van der Waals surface area contributed by atoms with Crippen molar-refractivity contribution in [3.05, 3.63) is 386 Å². The van der Waals surface area contributed by atoms with Crippen LogP contribution in [0.2, 0.25) is 0 Å². The van der Waals surface area contributed by atoms with Gasteiger partial charge < -0.3 is 33.9 Å². The molecule has 12 aromatic rings. The number of nitrogens with zero attached hydrogens (tertiary/aromatic N) is 3. The van der Waals surface area contributed by atoms with Crippen LogP contribution in [-0.4, -0.2) is 108 Å². The normalized spacial score (nSPS) is 24.6. The zero-order valence-electron chi connectivity index (χ0n) is 70.2. The van der Waals surface area contributed by atoms with Crippen molar-refractivity contribution < 1.29 is 62.7 Å². The summed E-state index contributed by atoms with van der Waals surface area (Å²) in [5, 5.41) is 21.3. The molecule has 3 heterocycles. The number of hydrogen-bond donors (Lipinski definition) is 2. The van der Waals surface area contributed by atoms with Gasteiger partial charge in [-0.1, -0.05) is 255 Å². The zero-order valence-corrected chi connectivity index (χ0v) is 70.2. The van der Waals surface area contributed by atoms with E-state index in [0.29, 0.717) is 34.4 Å². The Morgan fingerprint density at radius 1 is 0.306 bits per heavy atom. The van der Waals surface area contributed by atoms with Gasteiger partial charge in [-0.05, 0) is 185 Å². The van der Waals surface area contributed by atoms with Crippen molar-refractivity contribution in [2.75, 3.05) is 51.0 Å².